The van der Waals surface area contributed by atoms with E-state index in [2.05, 4.69) is 11.8 Å². The first kappa shape index (κ1) is 16.4. The quantitative estimate of drug-likeness (QED) is 0.917. The molecule has 1 aliphatic rings. The zero-order chi connectivity index (χ0) is 16.9. The van der Waals surface area contributed by atoms with E-state index in [0.29, 0.717) is 11.7 Å². The average molecular weight is 324 g/mol. The minimum absolute atomic E-state index is 0.124. The van der Waals surface area contributed by atoms with Crippen molar-refractivity contribution in [3.63, 3.8) is 0 Å². The van der Waals surface area contributed by atoms with Gasteiger partial charge in [0.1, 0.15) is 5.75 Å². The lowest BCUT2D eigenvalue weighted by Gasteiger charge is -2.26. The summed E-state index contributed by atoms with van der Waals surface area (Å²) < 4.78 is 0. The second kappa shape index (κ2) is 7.39. The van der Waals surface area contributed by atoms with Gasteiger partial charge in [-0.05, 0) is 43.5 Å². The number of hydrogen-bond donors (Lipinski definition) is 1. The van der Waals surface area contributed by atoms with Gasteiger partial charge in [0.2, 0.25) is 0 Å². The second-order valence-corrected chi connectivity index (χ2v) is 6.33. The maximum absolute atomic E-state index is 12.5. The Balaban J connectivity index is 1.62. The molecule has 2 aromatic rings. The molecule has 1 atom stereocenters. The van der Waals surface area contributed by atoms with Gasteiger partial charge < -0.3 is 14.9 Å². The number of phenols is 1. The standard InChI is InChI=1S/C20H24N2O2/c1-2-21(18-9-6-10-19(23)13-18)14-16-11-12-22(15-16)20(24)17-7-4-3-5-8-17/h3-10,13,16,23H,2,11-12,14-15H2,1H3. The Hall–Kier alpha value is -2.49. The molecular formula is C20H24N2O2. The van der Waals surface area contributed by atoms with Crippen LogP contribution >= 0.6 is 0 Å². The van der Waals surface area contributed by atoms with E-state index in [-0.39, 0.29) is 5.91 Å². The molecule has 0 aromatic heterocycles. The first-order chi connectivity index (χ1) is 11.7. The number of nitrogens with zero attached hydrogens (tertiary/aromatic N) is 2. The largest absolute Gasteiger partial charge is 0.508 e. The van der Waals surface area contributed by atoms with Gasteiger partial charge in [-0.1, -0.05) is 24.3 Å². The highest BCUT2D eigenvalue weighted by Gasteiger charge is 2.28. The smallest absolute Gasteiger partial charge is 0.253 e. The number of hydrogen-bond acceptors (Lipinski definition) is 3. The molecule has 1 aliphatic heterocycles. The van der Waals surface area contributed by atoms with Crippen molar-refractivity contribution in [2.75, 3.05) is 31.1 Å². The third-order valence-corrected chi connectivity index (χ3v) is 4.65. The molecule has 3 rings (SSSR count). The monoisotopic (exact) mass is 324 g/mol. The summed E-state index contributed by atoms with van der Waals surface area (Å²) in [7, 11) is 0. The summed E-state index contributed by atoms with van der Waals surface area (Å²) in [6.45, 7) is 5.51. The van der Waals surface area contributed by atoms with Crippen molar-refractivity contribution in [3.05, 3.63) is 60.2 Å². The van der Waals surface area contributed by atoms with Crippen LogP contribution in [0.4, 0.5) is 5.69 Å². The van der Waals surface area contributed by atoms with Crippen LogP contribution in [0.1, 0.15) is 23.7 Å². The Morgan fingerprint density at radius 3 is 2.71 bits per heavy atom. The fraction of sp³-hybridized carbons (Fsp3) is 0.350. The Labute approximate surface area is 143 Å². The van der Waals surface area contributed by atoms with Gasteiger partial charge in [0, 0.05) is 43.5 Å². The number of aromatic hydroxyl groups is 1. The number of phenolic OH excluding ortho intramolecular Hbond substituents is 1. The highest BCUT2D eigenvalue weighted by Crippen LogP contribution is 2.24. The van der Waals surface area contributed by atoms with Gasteiger partial charge in [-0.15, -0.1) is 0 Å². The van der Waals surface area contributed by atoms with Gasteiger partial charge in [0.15, 0.2) is 0 Å². The average Bonchev–Trinajstić information content (AvgIpc) is 3.08. The number of carbonyl (C=O) groups excluding carboxylic acids is 1. The Morgan fingerprint density at radius 2 is 2.00 bits per heavy atom. The summed E-state index contributed by atoms with van der Waals surface area (Å²) in [4.78, 5) is 16.8. The lowest BCUT2D eigenvalue weighted by Crippen LogP contribution is -2.33. The fourth-order valence-corrected chi connectivity index (χ4v) is 3.35. The van der Waals surface area contributed by atoms with Crippen molar-refractivity contribution in [1.82, 2.24) is 4.90 Å². The maximum atomic E-state index is 12.5. The molecule has 1 heterocycles. The van der Waals surface area contributed by atoms with Crippen molar-refractivity contribution in [1.29, 1.82) is 0 Å². The van der Waals surface area contributed by atoms with E-state index < -0.39 is 0 Å². The van der Waals surface area contributed by atoms with Gasteiger partial charge in [-0.25, -0.2) is 0 Å². The molecule has 1 amide bonds. The number of rotatable bonds is 5. The van der Waals surface area contributed by atoms with Crippen molar-refractivity contribution in [3.8, 4) is 5.75 Å². The van der Waals surface area contributed by atoms with Crippen molar-refractivity contribution in [2.45, 2.75) is 13.3 Å². The lowest BCUT2D eigenvalue weighted by molar-refractivity contribution is 0.0787. The normalized spacial score (nSPS) is 17.0. The van der Waals surface area contributed by atoms with Crippen LogP contribution in [0, 0.1) is 5.92 Å². The molecule has 0 bridgehead atoms. The summed E-state index contributed by atoms with van der Waals surface area (Å²) in [5.74, 6) is 0.872. The molecule has 0 radical (unpaired) electrons. The molecule has 1 N–H and O–H groups in total. The van der Waals surface area contributed by atoms with Gasteiger partial charge in [0.05, 0.1) is 0 Å². The van der Waals surface area contributed by atoms with E-state index >= 15 is 0 Å². The number of carbonyl (C=O) groups is 1. The van der Waals surface area contributed by atoms with Crippen LogP contribution < -0.4 is 4.90 Å². The highest BCUT2D eigenvalue weighted by atomic mass is 16.3. The third kappa shape index (κ3) is 3.70. The highest BCUT2D eigenvalue weighted by molar-refractivity contribution is 5.94. The first-order valence-electron chi connectivity index (χ1n) is 8.55. The van der Waals surface area contributed by atoms with E-state index in [4.69, 9.17) is 0 Å². The molecule has 2 aromatic carbocycles. The van der Waals surface area contributed by atoms with Crippen molar-refractivity contribution < 1.29 is 9.90 Å². The third-order valence-electron chi connectivity index (χ3n) is 4.65. The van der Waals surface area contributed by atoms with Gasteiger partial charge in [0.25, 0.3) is 5.91 Å². The first-order valence-corrected chi connectivity index (χ1v) is 8.55. The molecule has 4 heteroatoms. The van der Waals surface area contributed by atoms with Crippen LogP contribution in [0.15, 0.2) is 54.6 Å². The Bertz CT molecular complexity index is 687. The molecule has 1 saturated heterocycles. The molecule has 24 heavy (non-hydrogen) atoms. The summed E-state index contributed by atoms with van der Waals surface area (Å²) in [5, 5.41) is 9.68. The molecule has 0 saturated carbocycles. The molecule has 0 aliphatic carbocycles. The van der Waals surface area contributed by atoms with Crippen LogP contribution in [-0.4, -0.2) is 42.1 Å². The molecule has 1 unspecified atom stereocenters. The SMILES string of the molecule is CCN(CC1CCN(C(=O)c2ccccc2)C1)c1cccc(O)c1. The number of benzene rings is 2. The summed E-state index contributed by atoms with van der Waals surface area (Å²) in [6, 6.07) is 16.9. The predicted octanol–water partition coefficient (Wildman–Crippen LogP) is 3.38. The Morgan fingerprint density at radius 1 is 1.21 bits per heavy atom. The molecule has 1 fully saturated rings. The van der Waals surface area contributed by atoms with E-state index in [9.17, 15) is 9.90 Å². The van der Waals surface area contributed by atoms with E-state index in [1.54, 1.807) is 12.1 Å². The molecule has 4 nitrogen and oxygen atoms in total. The molecule has 126 valence electrons. The van der Waals surface area contributed by atoms with Gasteiger partial charge in [-0.3, -0.25) is 4.79 Å². The maximum Gasteiger partial charge on any atom is 0.253 e. The number of likely N-dealkylation sites (tertiary alicyclic amines) is 1. The van der Waals surface area contributed by atoms with Crippen molar-refractivity contribution >= 4 is 11.6 Å². The van der Waals surface area contributed by atoms with Crippen LogP contribution in [-0.2, 0) is 0 Å². The van der Waals surface area contributed by atoms with Crippen molar-refractivity contribution in [2.24, 2.45) is 5.92 Å². The van der Waals surface area contributed by atoms with Gasteiger partial charge >= 0.3 is 0 Å². The van der Waals surface area contributed by atoms with E-state index in [1.165, 1.54) is 0 Å². The van der Waals surface area contributed by atoms with E-state index in [0.717, 1.165) is 43.9 Å². The summed E-state index contributed by atoms with van der Waals surface area (Å²) in [6.07, 6.45) is 1.02. The zero-order valence-electron chi connectivity index (χ0n) is 14.1. The number of amides is 1. The fourth-order valence-electron chi connectivity index (χ4n) is 3.35. The topological polar surface area (TPSA) is 43.8 Å². The zero-order valence-corrected chi connectivity index (χ0v) is 14.1. The number of anilines is 1. The lowest BCUT2D eigenvalue weighted by atomic mass is 10.1. The van der Waals surface area contributed by atoms with Crippen LogP contribution in [0.2, 0.25) is 0 Å². The molecular weight excluding hydrogens is 300 g/mol. The van der Waals surface area contributed by atoms with Crippen LogP contribution in [0.25, 0.3) is 0 Å². The van der Waals surface area contributed by atoms with E-state index in [1.807, 2.05) is 47.4 Å². The molecule has 0 spiro atoms. The summed E-state index contributed by atoms with van der Waals surface area (Å²) >= 11 is 0. The predicted molar refractivity (Wildman–Crippen MR) is 96.4 cm³/mol. The second-order valence-electron chi connectivity index (χ2n) is 6.33. The van der Waals surface area contributed by atoms with Gasteiger partial charge in [-0.2, -0.15) is 0 Å². The minimum Gasteiger partial charge on any atom is -0.508 e. The minimum atomic E-state index is 0.124. The summed E-state index contributed by atoms with van der Waals surface area (Å²) in [5.41, 5.74) is 1.80. The van der Waals surface area contributed by atoms with Crippen LogP contribution in [0.5, 0.6) is 5.75 Å². The van der Waals surface area contributed by atoms with Crippen LogP contribution in [0.3, 0.4) is 0 Å². The Kier molecular flexibility index (Phi) is 5.04.